The summed E-state index contributed by atoms with van der Waals surface area (Å²) in [5.41, 5.74) is 4.32. The van der Waals surface area contributed by atoms with Crippen molar-refractivity contribution < 1.29 is 13.2 Å². The van der Waals surface area contributed by atoms with Crippen molar-refractivity contribution in [1.82, 2.24) is 0 Å². The molecule has 5 heteroatoms. The minimum Gasteiger partial charge on any atom is -0.289 e. The van der Waals surface area contributed by atoms with Crippen LogP contribution in [0.3, 0.4) is 0 Å². The lowest BCUT2D eigenvalue weighted by atomic mass is 9.69. The second-order valence-corrected chi connectivity index (χ2v) is 10.9. The van der Waals surface area contributed by atoms with Gasteiger partial charge in [-0.15, -0.1) is 0 Å². The van der Waals surface area contributed by atoms with Gasteiger partial charge in [0, 0.05) is 5.56 Å². The monoisotopic (exact) mass is 489 g/mol. The van der Waals surface area contributed by atoms with E-state index in [4.69, 9.17) is 0 Å². The zero-order chi connectivity index (χ0) is 24.9. The van der Waals surface area contributed by atoms with Crippen LogP contribution < -0.4 is 4.31 Å². The van der Waals surface area contributed by atoms with Crippen molar-refractivity contribution in [2.75, 3.05) is 4.31 Å². The molecule has 0 saturated carbocycles. The summed E-state index contributed by atoms with van der Waals surface area (Å²) < 4.78 is 30.2. The van der Waals surface area contributed by atoms with Crippen LogP contribution in [0.15, 0.2) is 126 Å². The number of benzene rings is 4. The molecule has 176 valence electrons. The van der Waals surface area contributed by atoms with Crippen molar-refractivity contribution >= 4 is 27.6 Å². The Morgan fingerprint density at radius 1 is 0.722 bits per heavy atom. The fourth-order valence-corrected chi connectivity index (χ4v) is 6.81. The van der Waals surface area contributed by atoms with E-state index in [1.54, 1.807) is 42.5 Å². The van der Waals surface area contributed by atoms with Gasteiger partial charge in [0.2, 0.25) is 0 Å². The van der Waals surface area contributed by atoms with Gasteiger partial charge in [-0.3, -0.25) is 4.79 Å². The molecule has 0 unspecified atom stereocenters. The van der Waals surface area contributed by atoms with Gasteiger partial charge in [-0.1, -0.05) is 90.5 Å². The number of para-hydroxylation sites is 1. The van der Waals surface area contributed by atoms with Crippen LogP contribution in [0.5, 0.6) is 0 Å². The van der Waals surface area contributed by atoms with Crippen LogP contribution in [-0.2, 0) is 15.4 Å². The third-order valence-corrected chi connectivity index (χ3v) is 8.71. The van der Waals surface area contributed by atoms with Gasteiger partial charge >= 0.3 is 0 Å². The minimum atomic E-state index is -4.02. The molecular formula is C31H23NO3S. The van der Waals surface area contributed by atoms with Crippen molar-refractivity contribution in [2.24, 2.45) is 0 Å². The topological polar surface area (TPSA) is 54.5 Å². The number of hydrogen-bond acceptors (Lipinski definition) is 3. The lowest BCUT2D eigenvalue weighted by molar-refractivity contribution is 0.104. The Balaban J connectivity index is 1.68. The lowest BCUT2D eigenvalue weighted by Crippen LogP contribution is -2.41. The van der Waals surface area contributed by atoms with Crippen molar-refractivity contribution in [3.05, 3.63) is 149 Å². The van der Waals surface area contributed by atoms with Crippen molar-refractivity contribution in [3.63, 3.8) is 0 Å². The fourth-order valence-electron chi connectivity index (χ4n) is 5.27. The summed E-state index contributed by atoms with van der Waals surface area (Å²) in [5, 5.41) is 0. The molecule has 0 radical (unpaired) electrons. The van der Waals surface area contributed by atoms with E-state index in [2.05, 4.69) is 0 Å². The Labute approximate surface area is 210 Å². The summed E-state index contributed by atoms with van der Waals surface area (Å²) >= 11 is 0. The van der Waals surface area contributed by atoms with Crippen LogP contribution in [0.1, 0.15) is 32.6 Å². The van der Waals surface area contributed by atoms with Crippen molar-refractivity contribution in [2.45, 2.75) is 17.2 Å². The summed E-state index contributed by atoms with van der Waals surface area (Å²) in [6, 6.07) is 31.4. The Kier molecular flexibility index (Phi) is 5.06. The number of anilines is 1. The van der Waals surface area contributed by atoms with Crippen molar-refractivity contribution in [1.29, 1.82) is 0 Å². The quantitative estimate of drug-likeness (QED) is 0.339. The molecule has 1 atom stereocenters. The molecule has 0 heterocycles. The smallest absolute Gasteiger partial charge is 0.268 e. The number of ketones is 1. The molecule has 1 spiro atoms. The predicted octanol–water partition coefficient (Wildman–Crippen LogP) is 6.28. The maximum absolute atomic E-state index is 14.4. The molecule has 4 aromatic rings. The second-order valence-electron chi connectivity index (χ2n) is 9.09. The second kappa shape index (κ2) is 8.18. The van der Waals surface area contributed by atoms with E-state index in [9.17, 15) is 13.2 Å². The molecule has 0 amide bonds. The Morgan fingerprint density at radius 2 is 1.36 bits per heavy atom. The molecule has 6 rings (SSSR count). The third kappa shape index (κ3) is 3.20. The van der Waals surface area contributed by atoms with E-state index in [0.29, 0.717) is 16.9 Å². The fraction of sp³-hybridized carbons (Fsp3) is 0.0645. The van der Waals surface area contributed by atoms with Gasteiger partial charge in [-0.25, -0.2) is 12.7 Å². The normalized spacial score (nSPS) is 18.0. The molecule has 0 aliphatic heterocycles. The zero-order valence-electron chi connectivity index (χ0n) is 19.6. The van der Waals surface area contributed by atoms with Crippen LogP contribution in [0.2, 0.25) is 0 Å². The van der Waals surface area contributed by atoms with Crippen LogP contribution in [0.25, 0.3) is 6.08 Å². The maximum atomic E-state index is 14.4. The number of hydrogen-bond donors (Lipinski definition) is 0. The molecule has 2 aliphatic carbocycles. The summed E-state index contributed by atoms with van der Waals surface area (Å²) in [5.74, 6) is -0.0902. The minimum absolute atomic E-state index is 0.0902. The standard InChI is InChI=1S/C31H23NO3S/c1-22-15-17-25(18-16-22)36(34,35)32(24-10-3-2-4-11-24)30-21-23-9-5-7-13-27(23)31(30)20-19-29(33)26-12-6-8-14-28(26)31/h2-21H,1H3/t31-/m0/s1. The SMILES string of the molecule is Cc1ccc(S(=O)(=O)N(C2=Cc3ccccc3[C@]23C=CC(=O)c2ccccc23)c2ccccc2)cc1. The first-order valence-corrected chi connectivity index (χ1v) is 13.2. The first-order chi connectivity index (χ1) is 17.4. The molecular weight excluding hydrogens is 466 g/mol. The first kappa shape index (κ1) is 22.3. The molecule has 2 aliphatic rings. The average molecular weight is 490 g/mol. The first-order valence-electron chi connectivity index (χ1n) is 11.7. The molecule has 0 bridgehead atoms. The average Bonchev–Trinajstić information content (AvgIpc) is 3.21. The maximum Gasteiger partial charge on any atom is 0.268 e. The summed E-state index contributed by atoms with van der Waals surface area (Å²) in [6.45, 7) is 1.93. The van der Waals surface area contributed by atoms with Crippen LogP contribution >= 0.6 is 0 Å². The summed E-state index contributed by atoms with van der Waals surface area (Å²) in [4.78, 5) is 13.1. The van der Waals surface area contributed by atoms with Gasteiger partial charge in [0.05, 0.1) is 21.7 Å². The van der Waals surface area contributed by atoms with Gasteiger partial charge < -0.3 is 0 Å². The highest BCUT2D eigenvalue weighted by Gasteiger charge is 2.49. The highest BCUT2D eigenvalue weighted by molar-refractivity contribution is 7.93. The summed E-state index contributed by atoms with van der Waals surface area (Å²) in [6.07, 6.45) is 5.36. The van der Waals surface area contributed by atoms with Gasteiger partial charge in [0.25, 0.3) is 10.0 Å². The zero-order valence-corrected chi connectivity index (χ0v) is 20.4. The van der Waals surface area contributed by atoms with Crippen molar-refractivity contribution in [3.8, 4) is 0 Å². The Morgan fingerprint density at radius 3 is 2.11 bits per heavy atom. The number of nitrogens with zero attached hydrogens (tertiary/aromatic N) is 1. The summed E-state index contributed by atoms with van der Waals surface area (Å²) in [7, 11) is -4.02. The molecule has 4 aromatic carbocycles. The Bertz CT molecular complexity index is 1670. The number of sulfonamides is 1. The molecule has 0 saturated heterocycles. The highest BCUT2D eigenvalue weighted by Crippen LogP contribution is 2.53. The Hall–Kier alpha value is -4.22. The van der Waals surface area contributed by atoms with Gasteiger partial charge in [0.1, 0.15) is 0 Å². The molecule has 0 fully saturated rings. The number of rotatable bonds is 4. The number of allylic oxidation sites excluding steroid dienone is 2. The predicted molar refractivity (Wildman–Crippen MR) is 142 cm³/mol. The number of fused-ring (bicyclic) bond motifs is 4. The molecule has 0 N–H and O–H groups in total. The highest BCUT2D eigenvalue weighted by atomic mass is 32.2. The number of carbonyl (C=O) groups is 1. The van der Waals surface area contributed by atoms with Gasteiger partial charge in [-0.2, -0.15) is 0 Å². The van der Waals surface area contributed by atoms with Crippen LogP contribution in [0.4, 0.5) is 5.69 Å². The van der Waals surface area contributed by atoms with E-state index in [-0.39, 0.29) is 10.7 Å². The van der Waals surface area contributed by atoms with Crippen LogP contribution in [0, 0.1) is 6.92 Å². The van der Waals surface area contributed by atoms with E-state index in [1.807, 2.05) is 85.8 Å². The molecule has 4 nitrogen and oxygen atoms in total. The van der Waals surface area contributed by atoms with E-state index < -0.39 is 15.4 Å². The van der Waals surface area contributed by atoms with E-state index in [1.165, 1.54) is 4.31 Å². The van der Waals surface area contributed by atoms with Gasteiger partial charge in [0.15, 0.2) is 5.78 Å². The molecule has 0 aromatic heterocycles. The van der Waals surface area contributed by atoms with E-state index >= 15 is 0 Å². The molecule has 36 heavy (non-hydrogen) atoms. The van der Waals surface area contributed by atoms with Crippen LogP contribution in [-0.4, -0.2) is 14.2 Å². The lowest BCUT2D eigenvalue weighted by Gasteiger charge is -2.40. The number of aryl methyl sites for hydroxylation is 1. The van der Waals surface area contributed by atoms with Gasteiger partial charge in [-0.05, 0) is 60.0 Å². The largest absolute Gasteiger partial charge is 0.289 e. The third-order valence-electron chi connectivity index (χ3n) is 6.95. The number of carbonyl (C=O) groups excluding carboxylic acids is 1. The van der Waals surface area contributed by atoms with E-state index in [0.717, 1.165) is 22.3 Å².